The van der Waals surface area contributed by atoms with Crippen molar-refractivity contribution in [2.75, 3.05) is 65.4 Å². The predicted octanol–water partition coefficient (Wildman–Crippen LogP) is 2.72. The van der Waals surface area contributed by atoms with Crippen molar-refractivity contribution in [3.63, 3.8) is 0 Å². The monoisotopic (exact) mass is 445 g/mol. The molecule has 2 N–H and O–H groups in total. The lowest BCUT2D eigenvalue weighted by Crippen LogP contribution is -2.49. The highest BCUT2D eigenvalue weighted by atomic mass is 19.4. The number of hydrogen-bond donors (Lipinski definition) is 2. The van der Waals surface area contributed by atoms with Gasteiger partial charge < -0.3 is 25.0 Å². The van der Waals surface area contributed by atoms with Crippen molar-refractivity contribution in [3.8, 4) is 11.5 Å². The van der Waals surface area contributed by atoms with Crippen LogP contribution in [0, 0.1) is 0 Å². The number of rotatable bonds is 9. The van der Waals surface area contributed by atoms with Gasteiger partial charge in [-0.3, -0.25) is 9.89 Å². The molecule has 0 saturated carbocycles. The van der Waals surface area contributed by atoms with Gasteiger partial charge in [0.25, 0.3) is 0 Å². The Kier molecular flexibility index (Phi) is 9.54. The van der Waals surface area contributed by atoms with Gasteiger partial charge in [-0.15, -0.1) is 0 Å². The average molecular weight is 446 g/mol. The average Bonchev–Trinajstić information content (AvgIpc) is 2.72. The van der Waals surface area contributed by atoms with Crippen molar-refractivity contribution in [2.24, 2.45) is 4.99 Å². The lowest BCUT2D eigenvalue weighted by molar-refractivity contribution is -0.142. The van der Waals surface area contributed by atoms with Gasteiger partial charge in [-0.2, -0.15) is 13.2 Å². The number of ether oxygens (including phenoxy) is 2. The third kappa shape index (κ3) is 8.72. The molecule has 0 unspecified atom stereocenters. The second-order valence-corrected chi connectivity index (χ2v) is 7.59. The number of alkyl halides is 3. The minimum atomic E-state index is -4.19. The maximum atomic E-state index is 12.4. The molecule has 0 atom stereocenters. The molecule has 0 bridgehead atoms. The fourth-order valence-electron chi connectivity index (χ4n) is 3.49. The summed E-state index contributed by atoms with van der Waals surface area (Å²) in [5, 5.41) is 6.59. The maximum Gasteiger partial charge on any atom is 0.401 e. The van der Waals surface area contributed by atoms with Gasteiger partial charge in [0.05, 0.1) is 27.3 Å². The van der Waals surface area contributed by atoms with Crippen LogP contribution in [-0.4, -0.2) is 83.6 Å². The van der Waals surface area contributed by atoms with E-state index < -0.39 is 12.7 Å². The molecule has 2 rings (SSSR count). The van der Waals surface area contributed by atoms with Gasteiger partial charge in [0.15, 0.2) is 5.96 Å². The van der Waals surface area contributed by atoms with Gasteiger partial charge >= 0.3 is 6.18 Å². The molecule has 1 saturated heterocycles. The van der Waals surface area contributed by atoms with E-state index in [1.54, 1.807) is 14.2 Å². The zero-order chi connectivity index (χ0) is 22.9. The van der Waals surface area contributed by atoms with E-state index in [1.807, 2.05) is 25.1 Å². The molecule has 1 aliphatic heterocycles. The quantitative estimate of drug-likeness (QED) is 0.450. The lowest BCUT2D eigenvalue weighted by atomic mass is 10.0. The zero-order valence-electron chi connectivity index (χ0n) is 18.8. The largest absolute Gasteiger partial charge is 0.497 e. The number of aliphatic imine (C=N–C) groups is 1. The highest BCUT2D eigenvalue weighted by Crippen LogP contribution is 2.30. The summed E-state index contributed by atoms with van der Waals surface area (Å²) in [6, 6.07) is 6.09. The fraction of sp³-hybridized carbons (Fsp3) is 0.667. The number of hydrogen-bond acceptors (Lipinski definition) is 5. The third-order valence-corrected chi connectivity index (χ3v) is 5.08. The minimum absolute atomic E-state index is 0.242. The molecule has 1 heterocycles. The summed E-state index contributed by atoms with van der Waals surface area (Å²) < 4.78 is 48.0. The van der Waals surface area contributed by atoms with Gasteiger partial charge in [0, 0.05) is 56.1 Å². The van der Waals surface area contributed by atoms with Gasteiger partial charge in [0.2, 0.25) is 0 Å². The molecule has 1 aromatic rings. The van der Waals surface area contributed by atoms with Crippen molar-refractivity contribution >= 4 is 11.6 Å². The Hall–Kier alpha value is -2.36. The lowest BCUT2D eigenvalue weighted by Gasteiger charge is -2.35. The molecule has 176 valence electrons. The summed E-state index contributed by atoms with van der Waals surface area (Å²) in [5.74, 6) is 2.16. The first-order chi connectivity index (χ1) is 14.7. The van der Waals surface area contributed by atoms with Crippen LogP contribution in [-0.2, 0) is 0 Å². The van der Waals surface area contributed by atoms with E-state index in [9.17, 15) is 13.2 Å². The Morgan fingerprint density at radius 3 is 2.29 bits per heavy atom. The van der Waals surface area contributed by atoms with E-state index in [-0.39, 0.29) is 12.6 Å². The van der Waals surface area contributed by atoms with E-state index >= 15 is 0 Å². The SMILES string of the molecule is CCNC(=NCCN(C)CC(F)(F)F)NC1CCN(c2cc(OC)cc(OC)c2)CC1. The van der Waals surface area contributed by atoms with Gasteiger partial charge in [-0.25, -0.2) is 0 Å². The predicted molar refractivity (Wildman–Crippen MR) is 117 cm³/mol. The van der Waals surface area contributed by atoms with Crippen LogP contribution in [0.1, 0.15) is 19.8 Å². The number of methoxy groups -OCH3 is 2. The number of guanidine groups is 1. The van der Waals surface area contributed by atoms with E-state index in [2.05, 4.69) is 20.5 Å². The van der Waals surface area contributed by atoms with Crippen molar-refractivity contribution < 1.29 is 22.6 Å². The molecular formula is C21H34F3N5O2. The first-order valence-electron chi connectivity index (χ1n) is 10.5. The molecule has 0 radical (unpaired) electrons. The zero-order valence-corrected chi connectivity index (χ0v) is 18.8. The summed E-state index contributed by atoms with van der Waals surface area (Å²) in [6.07, 6.45) is -2.36. The van der Waals surface area contributed by atoms with Gasteiger partial charge in [-0.1, -0.05) is 0 Å². The molecule has 1 fully saturated rings. The van der Waals surface area contributed by atoms with E-state index in [0.717, 1.165) is 43.1 Å². The van der Waals surface area contributed by atoms with Crippen molar-refractivity contribution in [1.82, 2.24) is 15.5 Å². The van der Waals surface area contributed by atoms with Crippen LogP contribution < -0.4 is 25.0 Å². The van der Waals surface area contributed by atoms with Crippen molar-refractivity contribution in [2.45, 2.75) is 32.0 Å². The Morgan fingerprint density at radius 1 is 1.16 bits per heavy atom. The van der Waals surface area contributed by atoms with E-state index in [1.165, 1.54) is 11.9 Å². The molecule has 0 spiro atoms. The molecule has 0 aliphatic carbocycles. The summed E-state index contributed by atoms with van der Waals surface area (Å²) >= 11 is 0. The highest BCUT2D eigenvalue weighted by Gasteiger charge is 2.28. The number of piperidine rings is 1. The number of nitrogens with zero attached hydrogens (tertiary/aromatic N) is 3. The van der Waals surface area contributed by atoms with E-state index in [4.69, 9.17) is 9.47 Å². The summed E-state index contributed by atoms with van der Waals surface area (Å²) in [7, 11) is 4.72. The highest BCUT2D eigenvalue weighted by molar-refractivity contribution is 5.80. The first-order valence-corrected chi connectivity index (χ1v) is 10.5. The van der Waals surface area contributed by atoms with Gasteiger partial charge in [0.1, 0.15) is 11.5 Å². The van der Waals surface area contributed by atoms with Crippen molar-refractivity contribution in [1.29, 1.82) is 0 Å². The number of nitrogens with one attached hydrogen (secondary N) is 2. The first kappa shape index (κ1) is 24.9. The molecule has 31 heavy (non-hydrogen) atoms. The summed E-state index contributed by atoms with van der Waals surface area (Å²) in [4.78, 5) is 7.96. The normalized spacial score (nSPS) is 15.9. The van der Waals surface area contributed by atoms with E-state index in [0.29, 0.717) is 19.0 Å². The van der Waals surface area contributed by atoms with Crippen LogP contribution in [0.25, 0.3) is 0 Å². The van der Waals surface area contributed by atoms with Crippen LogP contribution in [0.5, 0.6) is 11.5 Å². The second kappa shape index (κ2) is 11.9. The number of benzene rings is 1. The van der Waals surface area contributed by atoms with Crippen LogP contribution in [0.3, 0.4) is 0 Å². The molecule has 0 aromatic heterocycles. The Balaban J connectivity index is 1.87. The number of anilines is 1. The minimum Gasteiger partial charge on any atom is -0.497 e. The number of halogens is 3. The van der Waals surface area contributed by atoms with Crippen LogP contribution >= 0.6 is 0 Å². The number of likely N-dealkylation sites (N-methyl/N-ethyl adjacent to an activating group) is 1. The smallest absolute Gasteiger partial charge is 0.401 e. The molecule has 7 nitrogen and oxygen atoms in total. The third-order valence-electron chi connectivity index (χ3n) is 5.08. The van der Waals surface area contributed by atoms with Crippen LogP contribution in [0.15, 0.2) is 23.2 Å². The van der Waals surface area contributed by atoms with Crippen LogP contribution in [0.2, 0.25) is 0 Å². The summed E-state index contributed by atoms with van der Waals surface area (Å²) in [5.41, 5.74) is 1.06. The molecule has 1 aliphatic rings. The maximum absolute atomic E-state index is 12.4. The fourth-order valence-corrected chi connectivity index (χ4v) is 3.49. The Bertz CT molecular complexity index is 684. The molecule has 0 amide bonds. The Labute approximate surface area is 182 Å². The molecule has 1 aromatic carbocycles. The summed E-state index contributed by atoms with van der Waals surface area (Å²) in [6.45, 7) is 3.98. The van der Waals surface area contributed by atoms with Gasteiger partial charge in [-0.05, 0) is 26.8 Å². The van der Waals surface area contributed by atoms with Crippen molar-refractivity contribution in [3.05, 3.63) is 18.2 Å². The standard InChI is InChI=1S/C21H34F3N5O2/c1-5-25-20(26-8-11-28(2)15-21(22,23)24)27-16-6-9-29(10-7-16)17-12-18(30-3)14-19(13-17)31-4/h12-14,16H,5-11,15H2,1-4H3,(H2,25,26,27). The second-order valence-electron chi connectivity index (χ2n) is 7.59. The molecule has 10 heteroatoms. The Morgan fingerprint density at radius 2 is 1.77 bits per heavy atom. The van der Waals surface area contributed by atoms with Crippen LogP contribution in [0.4, 0.5) is 18.9 Å². The molecular weight excluding hydrogens is 411 g/mol. The topological polar surface area (TPSA) is 61.4 Å².